The minimum absolute atomic E-state index is 0.575. The third-order valence-corrected chi connectivity index (χ3v) is 2.64. The molecular formula is C9H16N4OS. The number of aliphatic imine (C=N–C) groups is 1. The van der Waals surface area contributed by atoms with Gasteiger partial charge in [-0.25, -0.2) is 4.98 Å². The van der Waals surface area contributed by atoms with Crippen molar-refractivity contribution < 1.29 is 4.74 Å². The van der Waals surface area contributed by atoms with Gasteiger partial charge in [-0.2, -0.15) is 0 Å². The summed E-state index contributed by atoms with van der Waals surface area (Å²) in [5, 5.41) is 9.09. The fraction of sp³-hybridized carbons (Fsp3) is 0.556. The number of hydrogen-bond donors (Lipinski definition) is 2. The van der Waals surface area contributed by atoms with Gasteiger partial charge in [0.1, 0.15) is 5.01 Å². The van der Waals surface area contributed by atoms with E-state index in [9.17, 15) is 0 Å². The molecule has 15 heavy (non-hydrogen) atoms. The predicted octanol–water partition coefficient (Wildman–Crippen LogP) is 0.584. The topological polar surface area (TPSA) is 58.5 Å². The molecule has 1 aromatic rings. The lowest BCUT2D eigenvalue weighted by molar-refractivity contribution is 0.184. The molecule has 2 N–H and O–H groups in total. The number of hydrogen-bond acceptors (Lipinski definition) is 4. The fourth-order valence-corrected chi connectivity index (χ4v) is 1.84. The van der Waals surface area contributed by atoms with Crippen LogP contribution in [-0.2, 0) is 17.9 Å². The number of aromatic nitrogens is 1. The summed E-state index contributed by atoms with van der Waals surface area (Å²) in [7, 11) is 5.23. The SMILES string of the molecule is CN=C(NC)NCc1csc(COC)n1. The fourth-order valence-electron chi connectivity index (χ4n) is 1.07. The molecule has 0 aromatic carbocycles. The Bertz CT molecular complexity index is 324. The number of methoxy groups -OCH3 is 1. The number of rotatable bonds is 4. The van der Waals surface area contributed by atoms with Crippen molar-refractivity contribution >= 4 is 17.3 Å². The zero-order chi connectivity index (χ0) is 11.1. The van der Waals surface area contributed by atoms with Crippen LogP contribution in [0.5, 0.6) is 0 Å². The molecule has 0 saturated carbocycles. The van der Waals surface area contributed by atoms with Gasteiger partial charge in [-0.1, -0.05) is 0 Å². The van der Waals surface area contributed by atoms with Crippen molar-refractivity contribution in [1.82, 2.24) is 15.6 Å². The quantitative estimate of drug-likeness (QED) is 0.585. The Morgan fingerprint density at radius 3 is 3.07 bits per heavy atom. The number of guanidine groups is 1. The number of thiazole rings is 1. The molecule has 6 heteroatoms. The predicted molar refractivity (Wildman–Crippen MR) is 62.1 cm³/mol. The first-order valence-corrected chi connectivity index (χ1v) is 5.48. The van der Waals surface area contributed by atoms with E-state index in [0.717, 1.165) is 16.7 Å². The van der Waals surface area contributed by atoms with Crippen LogP contribution in [0.1, 0.15) is 10.7 Å². The highest BCUT2D eigenvalue weighted by Gasteiger charge is 2.01. The van der Waals surface area contributed by atoms with Crippen LogP contribution in [-0.4, -0.2) is 32.1 Å². The minimum atomic E-state index is 0.575. The van der Waals surface area contributed by atoms with Crippen LogP contribution in [0.15, 0.2) is 10.4 Å². The molecule has 1 aromatic heterocycles. The number of nitrogens with one attached hydrogen (secondary N) is 2. The van der Waals surface area contributed by atoms with Crippen molar-refractivity contribution in [3.05, 3.63) is 16.1 Å². The van der Waals surface area contributed by atoms with Crippen LogP contribution in [0.3, 0.4) is 0 Å². The second kappa shape index (κ2) is 6.36. The summed E-state index contributed by atoms with van der Waals surface area (Å²) in [6, 6.07) is 0. The van der Waals surface area contributed by atoms with Crippen molar-refractivity contribution in [2.75, 3.05) is 21.2 Å². The Labute approximate surface area is 93.6 Å². The monoisotopic (exact) mass is 228 g/mol. The maximum Gasteiger partial charge on any atom is 0.191 e. The van der Waals surface area contributed by atoms with E-state index in [2.05, 4.69) is 20.6 Å². The van der Waals surface area contributed by atoms with E-state index in [4.69, 9.17) is 4.74 Å². The number of ether oxygens (including phenoxy) is 1. The molecule has 0 aliphatic heterocycles. The van der Waals surface area contributed by atoms with Crippen molar-refractivity contribution in [3.63, 3.8) is 0 Å². The second-order valence-corrected chi connectivity index (χ2v) is 3.78. The molecule has 0 bridgehead atoms. The van der Waals surface area contributed by atoms with Gasteiger partial charge in [0.05, 0.1) is 18.8 Å². The third-order valence-electron chi connectivity index (χ3n) is 1.76. The summed E-state index contributed by atoms with van der Waals surface area (Å²) in [5.41, 5.74) is 1.00. The summed E-state index contributed by atoms with van der Waals surface area (Å²) in [5.74, 6) is 0.760. The van der Waals surface area contributed by atoms with Gasteiger partial charge in [0.25, 0.3) is 0 Å². The van der Waals surface area contributed by atoms with E-state index < -0.39 is 0 Å². The first-order valence-electron chi connectivity index (χ1n) is 4.60. The van der Waals surface area contributed by atoms with Gasteiger partial charge in [-0.3, -0.25) is 4.99 Å². The molecule has 0 radical (unpaired) electrons. The average Bonchev–Trinajstić information content (AvgIpc) is 2.68. The summed E-state index contributed by atoms with van der Waals surface area (Å²) >= 11 is 1.60. The van der Waals surface area contributed by atoms with Crippen LogP contribution in [0.25, 0.3) is 0 Å². The first kappa shape index (κ1) is 11.9. The van der Waals surface area contributed by atoms with Crippen LogP contribution in [0.2, 0.25) is 0 Å². The Morgan fingerprint density at radius 2 is 2.47 bits per heavy atom. The molecule has 0 aliphatic carbocycles. The van der Waals surface area contributed by atoms with Gasteiger partial charge >= 0.3 is 0 Å². The smallest absolute Gasteiger partial charge is 0.191 e. The highest BCUT2D eigenvalue weighted by molar-refractivity contribution is 7.09. The van der Waals surface area contributed by atoms with E-state index in [-0.39, 0.29) is 0 Å². The molecule has 0 amide bonds. The van der Waals surface area contributed by atoms with Crippen molar-refractivity contribution in [3.8, 4) is 0 Å². The summed E-state index contributed by atoms with van der Waals surface area (Å²) in [4.78, 5) is 8.40. The molecule has 1 rings (SSSR count). The standard InChI is InChI=1S/C9H16N4OS/c1-10-9(11-2)12-4-7-6-15-8(13-7)5-14-3/h6H,4-5H2,1-3H3,(H2,10,11,12). The zero-order valence-corrected chi connectivity index (χ0v) is 10.0. The Balaban J connectivity index is 2.43. The van der Waals surface area contributed by atoms with Crippen molar-refractivity contribution in [1.29, 1.82) is 0 Å². The van der Waals surface area contributed by atoms with Gasteiger partial charge in [0, 0.05) is 26.6 Å². The minimum Gasteiger partial charge on any atom is -0.378 e. The maximum absolute atomic E-state index is 5.00. The van der Waals surface area contributed by atoms with E-state index in [1.165, 1.54) is 0 Å². The lowest BCUT2D eigenvalue weighted by atomic mass is 10.5. The maximum atomic E-state index is 5.00. The van der Waals surface area contributed by atoms with E-state index in [1.807, 2.05) is 12.4 Å². The molecule has 0 aliphatic rings. The third kappa shape index (κ3) is 3.85. The molecular weight excluding hydrogens is 212 g/mol. The van der Waals surface area contributed by atoms with Crippen LogP contribution >= 0.6 is 11.3 Å². The normalized spacial score (nSPS) is 11.5. The largest absolute Gasteiger partial charge is 0.378 e. The molecule has 0 unspecified atom stereocenters. The average molecular weight is 228 g/mol. The molecule has 0 saturated heterocycles. The Morgan fingerprint density at radius 1 is 1.67 bits per heavy atom. The first-order chi connectivity index (χ1) is 7.30. The van der Waals surface area contributed by atoms with Crippen molar-refractivity contribution in [2.45, 2.75) is 13.2 Å². The van der Waals surface area contributed by atoms with E-state index >= 15 is 0 Å². The lowest BCUT2D eigenvalue weighted by Crippen LogP contribution is -2.34. The number of nitrogens with zero attached hydrogens (tertiary/aromatic N) is 2. The molecule has 5 nitrogen and oxygen atoms in total. The van der Waals surface area contributed by atoms with Gasteiger partial charge in [0.15, 0.2) is 5.96 Å². The summed E-state index contributed by atoms with van der Waals surface area (Å²) in [6.45, 7) is 1.25. The van der Waals surface area contributed by atoms with Crippen LogP contribution in [0.4, 0.5) is 0 Å². The van der Waals surface area contributed by atoms with E-state index in [0.29, 0.717) is 13.2 Å². The van der Waals surface area contributed by atoms with Gasteiger partial charge < -0.3 is 15.4 Å². The van der Waals surface area contributed by atoms with Gasteiger partial charge in [-0.05, 0) is 0 Å². The van der Waals surface area contributed by atoms with E-state index in [1.54, 1.807) is 25.5 Å². The molecule has 84 valence electrons. The van der Waals surface area contributed by atoms with Crippen LogP contribution < -0.4 is 10.6 Å². The van der Waals surface area contributed by atoms with Gasteiger partial charge in [0.2, 0.25) is 0 Å². The summed E-state index contributed by atoms with van der Waals surface area (Å²) < 4.78 is 5.00. The van der Waals surface area contributed by atoms with Gasteiger partial charge in [-0.15, -0.1) is 11.3 Å². The highest BCUT2D eigenvalue weighted by atomic mass is 32.1. The Hall–Kier alpha value is -1.14. The Kier molecular flexibility index (Phi) is 5.06. The molecule has 0 atom stereocenters. The molecule has 0 fully saturated rings. The highest BCUT2D eigenvalue weighted by Crippen LogP contribution is 2.10. The van der Waals surface area contributed by atoms with Crippen molar-refractivity contribution in [2.24, 2.45) is 4.99 Å². The molecule has 0 spiro atoms. The summed E-state index contributed by atoms with van der Waals surface area (Å²) in [6.07, 6.45) is 0. The lowest BCUT2D eigenvalue weighted by Gasteiger charge is -2.05. The molecule has 1 heterocycles. The zero-order valence-electron chi connectivity index (χ0n) is 9.20. The van der Waals surface area contributed by atoms with Crippen LogP contribution in [0, 0.1) is 0 Å². The second-order valence-electron chi connectivity index (χ2n) is 2.84.